The van der Waals surface area contributed by atoms with Crippen LogP contribution in [-0.2, 0) is 0 Å². The van der Waals surface area contributed by atoms with Crippen LogP contribution in [0.2, 0.25) is 10.0 Å². The van der Waals surface area contributed by atoms with Gasteiger partial charge < -0.3 is 41.8 Å². The average Bonchev–Trinajstić information content (AvgIpc) is 3.71. The van der Waals surface area contributed by atoms with Crippen LogP contribution < -0.4 is 31.6 Å². The minimum Gasteiger partial charge on any atom is -0.452 e. The van der Waals surface area contributed by atoms with Crippen molar-refractivity contribution < 1.29 is 19.7 Å². The Morgan fingerprint density at radius 2 is 1.25 bits per heavy atom. The second-order valence-electron chi connectivity index (χ2n) is 12.0. The van der Waals surface area contributed by atoms with Crippen molar-refractivity contribution in [3.63, 3.8) is 0 Å². The third kappa shape index (κ3) is 10.2. The van der Waals surface area contributed by atoms with Crippen LogP contribution in [-0.4, -0.2) is 55.4 Å². The SMILES string of the molecule is Nc1ncc(Oc2ccc(Cl)cc2)c(N[C@@H]2CCC[C@H]2CCO)n1.Nc1ncc(Oc2ccc(Cl)cc2)c(N[C@H]2CC[C@@H](CCO)C2)n1. The van der Waals surface area contributed by atoms with Crippen molar-refractivity contribution in [2.45, 2.75) is 63.5 Å². The van der Waals surface area contributed by atoms with Crippen LogP contribution in [0.15, 0.2) is 60.9 Å². The van der Waals surface area contributed by atoms with E-state index in [1.807, 2.05) is 0 Å². The molecule has 2 saturated carbocycles. The number of nitrogen functional groups attached to an aromatic ring is 2. The fourth-order valence-electron chi connectivity index (χ4n) is 6.14. The Kier molecular flexibility index (Phi) is 12.7. The van der Waals surface area contributed by atoms with Crippen molar-refractivity contribution in [2.24, 2.45) is 11.8 Å². The van der Waals surface area contributed by atoms with Crippen molar-refractivity contribution in [3.8, 4) is 23.0 Å². The van der Waals surface area contributed by atoms with Gasteiger partial charge in [0.05, 0.1) is 12.4 Å². The fraction of sp³-hybridized carbons (Fsp3) is 0.412. The van der Waals surface area contributed by atoms with Crippen molar-refractivity contribution in [3.05, 3.63) is 71.0 Å². The van der Waals surface area contributed by atoms with Crippen molar-refractivity contribution in [1.82, 2.24) is 19.9 Å². The molecule has 14 heteroatoms. The molecule has 4 aromatic rings. The standard InChI is InChI=1S/2C17H21ClN4O2/c18-12-2-5-14(6-3-12)24-15-10-20-17(19)22-16(15)21-13-4-1-11(9-13)7-8-23;18-12-4-6-13(7-5-12)24-15-10-20-17(19)22-16(15)21-14-3-1-2-11(14)8-9-23/h2-3,5-6,10-11,13,23H,1,4,7-9H2,(H3,19,20,21,22);4-7,10-11,14,23H,1-3,8-9H2,(H3,19,20,21,22)/t11-,13-;11-,14+/m00/s1. The first-order valence-electron chi connectivity index (χ1n) is 16.2. The Labute approximate surface area is 290 Å². The molecule has 2 aromatic carbocycles. The number of nitrogens with zero attached hydrogens (tertiary/aromatic N) is 4. The molecule has 0 amide bonds. The molecule has 0 spiro atoms. The summed E-state index contributed by atoms with van der Waals surface area (Å²) in [6.45, 7) is 0.436. The number of nitrogens with two attached hydrogens (primary N) is 2. The molecule has 0 radical (unpaired) electrons. The molecule has 2 aliphatic carbocycles. The molecular weight excluding hydrogens is 655 g/mol. The summed E-state index contributed by atoms with van der Waals surface area (Å²) < 4.78 is 11.7. The molecule has 0 unspecified atom stereocenters. The zero-order valence-electron chi connectivity index (χ0n) is 26.6. The van der Waals surface area contributed by atoms with E-state index in [0.717, 1.165) is 51.4 Å². The highest BCUT2D eigenvalue weighted by molar-refractivity contribution is 6.30. The van der Waals surface area contributed by atoms with Crippen LogP contribution in [0.3, 0.4) is 0 Å². The van der Waals surface area contributed by atoms with Gasteiger partial charge in [-0.1, -0.05) is 29.6 Å². The molecule has 2 aromatic heterocycles. The summed E-state index contributed by atoms with van der Waals surface area (Å²) in [7, 11) is 0. The molecule has 4 atom stereocenters. The Morgan fingerprint density at radius 3 is 1.79 bits per heavy atom. The van der Waals surface area contributed by atoms with Crippen molar-refractivity contribution in [1.29, 1.82) is 0 Å². The van der Waals surface area contributed by atoms with Crippen LogP contribution in [0.5, 0.6) is 23.0 Å². The molecule has 0 saturated heterocycles. The Morgan fingerprint density at radius 1 is 0.708 bits per heavy atom. The van der Waals surface area contributed by atoms with Crippen LogP contribution in [0.1, 0.15) is 51.4 Å². The number of aliphatic hydroxyl groups excluding tert-OH is 2. The van der Waals surface area contributed by atoms with Gasteiger partial charge in [-0.15, -0.1) is 0 Å². The number of hydrogen-bond acceptors (Lipinski definition) is 12. The topological polar surface area (TPSA) is 187 Å². The van der Waals surface area contributed by atoms with E-state index in [9.17, 15) is 5.11 Å². The number of aromatic nitrogens is 4. The van der Waals surface area contributed by atoms with Gasteiger partial charge in [-0.25, -0.2) is 9.97 Å². The summed E-state index contributed by atoms with van der Waals surface area (Å²) in [4.78, 5) is 16.6. The molecule has 256 valence electrons. The van der Waals surface area contributed by atoms with Gasteiger partial charge in [0.15, 0.2) is 23.1 Å². The predicted molar refractivity (Wildman–Crippen MR) is 189 cm³/mol. The van der Waals surface area contributed by atoms with E-state index in [1.54, 1.807) is 60.9 Å². The third-order valence-electron chi connectivity index (χ3n) is 8.53. The van der Waals surface area contributed by atoms with Gasteiger partial charge in [-0.05, 0) is 105 Å². The molecule has 6 rings (SSSR count). The summed E-state index contributed by atoms with van der Waals surface area (Å²) in [5.41, 5.74) is 11.5. The van der Waals surface area contributed by atoms with Gasteiger partial charge in [0, 0.05) is 35.3 Å². The van der Waals surface area contributed by atoms with E-state index in [4.69, 9.17) is 49.2 Å². The van der Waals surface area contributed by atoms with E-state index in [1.165, 1.54) is 0 Å². The summed E-state index contributed by atoms with van der Waals surface area (Å²) in [5.74, 6) is 4.87. The van der Waals surface area contributed by atoms with E-state index >= 15 is 0 Å². The normalized spacial score (nSPS) is 20.1. The van der Waals surface area contributed by atoms with Crippen LogP contribution in [0.25, 0.3) is 0 Å². The van der Waals surface area contributed by atoms with Crippen molar-refractivity contribution >= 4 is 46.7 Å². The number of nitrogens with one attached hydrogen (secondary N) is 2. The maximum Gasteiger partial charge on any atom is 0.222 e. The Balaban J connectivity index is 0.000000188. The Bertz CT molecular complexity index is 1600. The fourth-order valence-corrected chi connectivity index (χ4v) is 6.39. The first-order valence-corrected chi connectivity index (χ1v) is 16.9. The largest absolute Gasteiger partial charge is 0.452 e. The molecule has 2 aliphatic rings. The molecular formula is C34H42Cl2N8O4. The van der Waals surface area contributed by atoms with Gasteiger partial charge in [0.1, 0.15) is 11.5 Å². The van der Waals surface area contributed by atoms with Crippen LogP contribution in [0.4, 0.5) is 23.5 Å². The number of anilines is 4. The zero-order valence-corrected chi connectivity index (χ0v) is 28.1. The van der Waals surface area contributed by atoms with Gasteiger partial charge in [0.25, 0.3) is 0 Å². The summed E-state index contributed by atoms with van der Waals surface area (Å²) >= 11 is 11.8. The highest BCUT2D eigenvalue weighted by Crippen LogP contribution is 2.36. The maximum atomic E-state index is 9.22. The first-order chi connectivity index (χ1) is 23.3. The minimum absolute atomic E-state index is 0.192. The molecule has 48 heavy (non-hydrogen) atoms. The van der Waals surface area contributed by atoms with Gasteiger partial charge in [0.2, 0.25) is 11.9 Å². The lowest BCUT2D eigenvalue weighted by Crippen LogP contribution is -2.25. The smallest absolute Gasteiger partial charge is 0.222 e. The predicted octanol–water partition coefficient (Wildman–Crippen LogP) is 6.94. The number of benzene rings is 2. The highest BCUT2D eigenvalue weighted by atomic mass is 35.5. The highest BCUT2D eigenvalue weighted by Gasteiger charge is 2.28. The maximum absolute atomic E-state index is 9.22. The van der Waals surface area contributed by atoms with Crippen LogP contribution in [0, 0.1) is 11.8 Å². The number of halogens is 2. The number of aliphatic hydroxyl groups is 2. The molecule has 0 aliphatic heterocycles. The lowest BCUT2D eigenvalue weighted by Gasteiger charge is -2.22. The molecule has 2 fully saturated rings. The second-order valence-corrected chi connectivity index (χ2v) is 12.9. The molecule has 8 N–H and O–H groups in total. The molecule has 0 bridgehead atoms. The van der Waals surface area contributed by atoms with Gasteiger partial charge in [-0.3, -0.25) is 0 Å². The second kappa shape index (κ2) is 17.3. The van der Waals surface area contributed by atoms with E-state index in [2.05, 4.69) is 30.6 Å². The quantitative estimate of drug-likeness (QED) is 0.0897. The molecule has 2 heterocycles. The monoisotopic (exact) mass is 696 g/mol. The number of hydrogen-bond donors (Lipinski definition) is 6. The Hall–Kier alpha value is -4.10. The van der Waals surface area contributed by atoms with E-state index < -0.39 is 0 Å². The lowest BCUT2D eigenvalue weighted by atomic mass is 10.00. The van der Waals surface area contributed by atoms with Gasteiger partial charge in [-0.2, -0.15) is 9.97 Å². The van der Waals surface area contributed by atoms with Crippen LogP contribution >= 0.6 is 23.2 Å². The zero-order chi connectivity index (χ0) is 33.9. The molecule has 12 nitrogen and oxygen atoms in total. The summed E-state index contributed by atoms with van der Waals surface area (Å²) in [5, 5.41) is 26.4. The lowest BCUT2D eigenvalue weighted by molar-refractivity contribution is 0.254. The van der Waals surface area contributed by atoms with E-state index in [-0.39, 0.29) is 31.2 Å². The number of rotatable bonds is 12. The summed E-state index contributed by atoms with van der Waals surface area (Å²) in [6.07, 6.45) is 11.2. The van der Waals surface area contributed by atoms with E-state index in [0.29, 0.717) is 62.6 Å². The third-order valence-corrected chi connectivity index (χ3v) is 9.03. The summed E-state index contributed by atoms with van der Waals surface area (Å²) in [6, 6.07) is 14.7. The first kappa shape index (κ1) is 35.2. The van der Waals surface area contributed by atoms with Crippen molar-refractivity contribution in [2.75, 3.05) is 35.3 Å². The average molecular weight is 698 g/mol. The minimum atomic E-state index is 0.192. The van der Waals surface area contributed by atoms with Gasteiger partial charge >= 0.3 is 0 Å². The number of ether oxygens (including phenoxy) is 2.